The molecule has 2 heterocycles. The molecular formula is C21H31N3O3. The fraction of sp³-hybridized carbons (Fsp3) is 0.619. The maximum absolute atomic E-state index is 13.0. The average Bonchev–Trinajstić information content (AvgIpc) is 3.09. The topological polar surface area (TPSA) is 53.1 Å². The number of carbonyl (C=O) groups excluding carboxylic acids is 2. The summed E-state index contributed by atoms with van der Waals surface area (Å²) in [6, 6.07) is 8.01. The number of benzene rings is 1. The molecule has 27 heavy (non-hydrogen) atoms. The summed E-state index contributed by atoms with van der Waals surface area (Å²) >= 11 is 0. The van der Waals surface area contributed by atoms with Gasteiger partial charge in [-0.3, -0.25) is 9.59 Å². The van der Waals surface area contributed by atoms with Gasteiger partial charge in [-0.2, -0.15) is 0 Å². The van der Waals surface area contributed by atoms with Gasteiger partial charge >= 0.3 is 0 Å². The maximum atomic E-state index is 13.0. The lowest BCUT2D eigenvalue weighted by Gasteiger charge is -2.32. The van der Waals surface area contributed by atoms with Crippen molar-refractivity contribution in [2.75, 3.05) is 55.7 Å². The quantitative estimate of drug-likeness (QED) is 0.737. The summed E-state index contributed by atoms with van der Waals surface area (Å²) in [5, 5.41) is 0. The normalized spacial score (nSPS) is 20.2. The predicted molar refractivity (Wildman–Crippen MR) is 107 cm³/mol. The number of hydrogen-bond acceptors (Lipinski definition) is 4. The van der Waals surface area contributed by atoms with Crippen LogP contribution in [-0.4, -0.2) is 62.7 Å². The molecule has 148 valence electrons. The third kappa shape index (κ3) is 4.43. The second kappa shape index (κ2) is 9.22. The minimum absolute atomic E-state index is 0.0435. The van der Waals surface area contributed by atoms with Crippen molar-refractivity contribution in [1.82, 2.24) is 4.90 Å². The summed E-state index contributed by atoms with van der Waals surface area (Å²) in [5.41, 5.74) is 1.97. The minimum atomic E-state index is -0.242. The molecule has 1 unspecified atom stereocenters. The van der Waals surface area contributed by atoms with Crippen molar-refractivity contribution < 1.29 is 14.3 Å². The van der Waals surface area contributed by atoms with E-state index in [0.717, 1.165) is 50.4 Å². The molecule has 1 aromatic rings. The standard InChI is InChI=1S/C21H31N3O3/c1-3-9-23(10-4-2)21(26)17-15-20(25)24(16-17)19-8-6-5-7-18(19)22-11-13-27-14-12-22/h5-8,17H,3-4,9-16H2,1-2H3. The van der Waals surface area contributed by atoms with Gasteiger partial charge < -0.3 is 19.4 Å². The van der Waals surface area contributed by atoms with Crippen LogP contribution in [0, 0.1) is 5.92 Å². The SMILES string of the molecule is CCCN(CCC)C(=O)C1CC(=O)N(c2ccccc2N2CCOCC2)C1. The molecule has 0 bridgehead atoms. The Kier molecular flexibility index (Phi) is 6.72. The van der Waals surface area contributed by atoms with E-state index in [-0.39, 0.29) is 17.7 Å². The Hall–Kier alpha value is -2.08. The highest BCUT2D eigenvalue weighted by Gasteiger charge is 2.38. The van der Waals surface area contributed by atoms with E-state index in [1.807, 2.05) is 28.0 Å². The van der Waals surface area contributed by atoms with E-state index in [9.17, 15) is 9.59 Å². The first-order chi connectivity index (χ1) is 13.2. The highest BCUT2D eigenvalue weighted by atomic mass is 16.5. The van der Waals surface area contributed by atoms with Crippen molar-refractivity contribution in [1.29, 1.82) is 0 Å². The highest BCUT2D eigenvalue weighted by molar-refractivity contribution is 6.02. The van der Waals surface area contributed by atoms with Crippen molar-refractivity contribution in [3.05, 3.63) is 24.3 Å². The number of carbonyl (C=O) groups is 2. The summed E-state index contributed by atoms with van der Waals surface area (Å²) in [4.78, 5) is 31.7. The van der Waals surface area contributed by atoms with Gasteiger partial charge in [0.25, 0.3) is 0 Å². The number of morpholine rings is 1. The van der Waals surface area contributed by atoms with Crippen LogP contribution in [0.1, 0.15) is 33.1 Å². The van der Waals surface area contributed by atoms with Crippen LogP contribution in [0.5, 0.6) is 0 Å². The van der Waals surface area contributed by atoms with Gasteiger partial charge in [0.15, 0.2) is 0 Å². The molecule has 0 aromatic heterocycles. The molecule has 1 aromatic carbocycles. The molecule has 0 N–H and O–H groups in total. The van der Waals surface area contributed by atoms with E-state index >= 15 is 0 Å². The Morgan fingerprint density at radius 2 is 1.74 bits per heavy atom. The summed E-state index contributed by atoms with van der Waals surface area (Å²) in [6.45, 7) is 9.22. The Morgan fingerprint density at radius 3 is 2.37 bits per heavy atom. The van der Waals surface area contributed by atoms with E-state index in [0.29, 0.717) is 26.2 Å². The predicted octanol–water partition coefficient (Wildman–Crippen LogP) is 2.52. The zero-order valence-electron chi connectivity index (χ0n) is 16.5. The van der Waals surface area contributed by atoms with Gasteiger partial charge in [0.2, 0.25) is 11.8 Å². The Morgan fingerprint density at radius 1 is 1.11 bits per heavy atom. The third-order valence-corrected chi connectivity index (χ3v) is 5.30. The fourth-order valence-electron chi connectivity index (χ4n) is 4.00. The zero-order chi connectivity index (χ0) is 19.2. The summed E-state index contributed by atoms with van der Waals surface area (Å²) in [7, 11) is 0. The van der Waals surface area contributed by atoms with E-state index in [2.05, 4.69) is 24.8 Å². The van der Waals surface area contributed by atoms with Crippen LogP contribution in [0.15, 0.2) is 24.3 Å². The molecule has 6 nitrogen and oxygen atoms in total. The van der Waals surface area contributed by atoms with Gasteiger partial charge in [0.05, 0.1) is 30.5 Å². The molecule has 0 aliphatic carbocycles. The average molecular weight is 373 g/mol. The van der Waals surface area contributed by atoms with Gasteiger partial charge in [0.1, 0.15) is 0 Å². The molecule has 2 aliphatic rings. The Labute approximate surface area is 162 Å². The van der Waals surface area contributed by atoms with Crippen molar-refractivity contribution >= 4 is 23.2 Å². The molecule has 2 amide bonds. The molecule has 3 rings (SSSR count). The van der Waals surface area contributed by atoms with Crippen LogP contribution in [-0.2, 0) is 14.3 Å². The summed E-state index contributed by atoms with van der Waals surface area (Å²) in [5.74, 6) is -0.0752. The van der Waals surface area contributed by atoms with Crippen LogP contribution < -0.4 is 9.80 Å². The van der Waals surface area contributed by atoms with Crippen LogP contribution in [0.4, 0.5) is 11.4 Å². The largest absolute Gasteiger partial charge is 0.378 e. The van der Waals surface area contributed by atoms with Crippen LogP contribution in [0.25, 0.3) is 0 Å². The van der Waals surface area contributed by atoms with Crippen LogP contribution in [0.2, 0.25) is 0 Å². The van der Waals surface area contributed by atoms with E-state index < -0.39 is 0 Å². The van der Waals surface area contributed by atoms with Gasteiger partial charge in [-0.05, 0) is 25.0 Å². The van der Waals surface area contributed by atoms with E-state index in [1.54, 1.807) is 0 Å². The molecular weight excluding hydrogens is 342 g/mol. The molecule has 1 atom stereocenters. The molecule has 2 fully saturated rings. The second-order valence-corrected chi connectivity index (χ2v) is 7.32. The maximum Gasteiger partial charge on any atom is 0.228 e. The first kappa shape index (κ1) is 19.7. The van der Waals surface area contributed by atoms with Gasteiger partial charge in [-0.15, -0.1) is 0 Å². The molecule has 2 aliphatic heterocycles. The third-order valence-electron chi connectivity index (χ3n) is 5.30. The highest BCUT2D eigenvalue weighted by Crippen LogP contribution is 2.34. The number of rotatable bonds is 7. The molecule has 6 heteroatoms. The first-order valence-corrected chi connectivity index (χ1v) is 10.2. The lowest BCUT2D eigenvalue weighted by atomic mass is 10.1. The smallest absolute Gasteiger partial charge is 0.228 e. The van der Waals surface area contributed by atoms with Gasteiger partial charge in [-0.25, -0.2) is 0 Å². The lowest BCUT2D eigenvalue weighted by molar-refractivity contribution is -0.135. The summed E-state index contributed by atoms with van der Waals surface area (Å²) in [6.07, 6.45) is 2.19. The van der Waals surface area contributed by atoms with Crippen molar-refractivity contribution in [3.8, 4) is 0 Å². The summed E-state index contributed by atoms with van der Waals surface area (Å²) < 4.78 is 5.46. The zero-order valence-corrected chi connectivity index (χ0v) is 16.5. The fourth-order valence-corrected chi connectivity index (χ4v) is 4.00. The monoisotopic (exact) mass is 373 g/mol. The number of anilines is 2. The van der Waals surface area contributed by atoms with E-state index in [4.69, 9.17) is 4.74 Å². The van der Waals surface area contributed by atoms with Crippen molar-refractivity contribution in [3.63, 3.8) is 0 Å². The number of nitrogens with zero attached hydrogens (tertiary/aromatic N) is 3. The van der Waals surface area contributed by atoms with Gasteiger partial charge in [-0.1, -0.05) is 26.0 Å². The second-order valence-electron chi connectivity index (χ2n) is 7.32. The van der Waals surface area contributed by atoms with Crippen LogP contribution >= 0.6 is 0 Å². The number of ether oxygens (including phenoxy) is 1. The molecule has 0 spiro atoms. The molecule has 0 radical (unpaired) electrons. The Bertz CT molecular complexity index is 652. The lowest BCUT2D eigenvalue weighted by Crippen LogP contribution is -2.39. The number of amides is 2. The number of para-hydroxylation sites is 2. The molecule has 2 saturated heterocycles. The van der Waals surface area contributed by atoms with Crippen LogP contribution in [0.3, 0.4) is 0 Å². The van der Waals surface area contributed by atoms with E-state index in [1.165, 1.54) is 0 Å². The van der Waals surface area contributed by atoms with Crippen molar-refractivity contribution in [2.45, 2.75) is 33.1 Å². The number of hydrogen-bond donors (Lipinski definition) is 0. The van der Waals surface area contributed by atoms with Gasteiger partial charge in [0, 0.05) is 39.1 Å². The minimum Gasteiger partial charge on any atom is -0.378 e. The first-order valence-electron chi connectivity index (χ1n) is 10.2. The Balaban J connectivity index is 1.77. The molecule has 0 saturated carbocycles. The van der Waals surface area contributed by atoms with Crippen molar-refractivity contribution in [2.24, 2.45) is 5.92 Å².